The normalized spacial score (nSPS) is 14.0. The molecule has 0 bridgehead atoms. The van der Waals surface area contributed by atoms with Gasteiger partial charge >= 0.3 is 39.5 Å². The fraction of sp³-hybridized carbons (Fsp3) is 0.948. The van der Waals surface area contributed by atoms with Gasteiger partial charge in [-0.25, -0.2) is 9.13 Å². The van der Waals surface area contributed by atoms with E-state index < -0.39 is 97.5 Å². The molecule has 19 heteroatoms. The van der Waals surface area contributed by atoms with E-state index in [2.05, 4.69) is 41.5 Å². The summed E-state index contributed by atoms with van der Waals surface area (Å²) >= 11 is 0. The number of ether oxygens (including phenoxy) is 4. The van der Waals surface area contributed by atoms with Gasteiger partial charge in [0.2, 0.25) is 0 Å². The second-order valence-corrected chi connectivity index (χ2v) is 31.6. The van der Waals surface area contributed by atoms with Crippen molar-refractivity contribution in [3.05, 3.63) is 0 Å². The predicted molar refractivity (Wildman–Crippen MR) is 391 cm³/mol. The van der Waals surface area contributed by atoms with Gasteiger partial charge in [0.05, 0.1) is 26.4 Å². The Morgan fingerprint density at radius 2 is 0.479 bits per heavy atom. The highest BCUT2D eigenvalue weighted by molar-refractivity contribution is 7.47. The zero-order chi connectivity index (χ0) is 70.7. The molecule has 0 heterocycles. The second kappa shape index (κ2) is 68.8. The van der Waals surface area contributed by atoms with Crippen molar-refractivity contribution in [1.29, 1.82) is 0 Å². The summed E-state index contributed by atoms with van der Waals surface area (Å²) in [6.45, 7) is 9.55. The number of phosphoric ester groups is 2. The summed E-state index contributed by atoms with van der Waals surface area (Å²) in [5.74, 6) is -0.630. The van der Waals surface area contributed by atoms with E-state index in [4.69, 9.17) is 37.0 Å². The molecular formula is C77H150O17P2. The number of phosphoric acid groups is 2. The highest BCUT2D eigenvalue weighted by Gasteiger charge is 2.30. The third-order valence-electron chi connectivity index (χ3n) is 18.0. The number of carbonyl (C=O) groups is 4. The van der Waals surface area contributed by atoms with Crippen LogP contribution in [0.2, 0.25) is 0 Å². The molecule has 96 heavy (non-hydrogen) atoms. The molecule has 0 aromatic rings. The summed E-state index contributed by atoms with van der Waals surface area (Å²) in [5, 5.41) is 10.6. The van der Waals surface area contributed by atoms with E-state index in [0.29, 0.717) is 31.6 Å². The van der Waals surface area contributed by atoms with E-state index in [-0.39, 0.29) is 25.7 Å². The molecule has 0 aliphatic rings. The highest BCUT2D eigenvalue weighted by Crippen LogP contribution is 2.45. The molecule has 0 aromatic heterocycles. The molecule has 17 nitrogen and oxygen atoms in total. The van der Waals surface area contributed by atoms with Gasteiger partial charge in [0.25, 0.3) is 0 Å². The summed E-state index contributed by atoms with van der Waals surface area (Å²) in [6.07, 6.45) is 57.1. The van der Waals surface area contributed by atoms with Crippen LogP contribution in [0.4, 0.5) is 0 Å². The van der Waals surface area contributed by atoms with Crippen molar-refractivity contribution in [2.24, 2.45) is 11.8 Å². The van der Waals surface area contributed by atoms with Gasteiger partial charge in [-0.3, -0.25) is 37.3 Å². The van der Waals surface area contributed by atoms with Crippen LogP contribution >= 0.6 is 15.6 Å². The van der Waals surface area contributed by atoms with Crippen LogP contribution in [0.15, 0.2) is 0 Å². The van der Waals surface area contributed by atoms with Crippen molar-refractivity contribution < 1.29 is 80.2 Å². The molecule has 3 N–H and O–H groups in total. The number of rotatable bonds is 76. The highest BCUT2D eigenvalue weighted by atomic mass is 31.2. The van der Waals surface area contributed by atoms with Gasteiger partial charge < -0.3 is 33.8 Å². The van der Waals surface area contributed by atoms with E-state index in [1.165, 1.54) is 218 Å². The Hall–Kier alpha value is -1.94. The van der Waals surface area contributed by atoms with Gasteiger partial charge in [0.1, 0.15) is 19.3 Å². The van der Waals surface area contributed by atoms with E-state index in [0.717, 1.165) is 95.8 Å². The topological polar surface area (TPSA) is 237 Å². The number of hydrogen-bond acceptors (Lipinski definition) is 15. The van der Waals surface area contributed by atoms with Crippen molar-refractivity contribution in [2.75, 3.05) is 39.6 Å². The number of carbonyl (C=O) groups excluding carboxylic acids is 4. The van der Waals surface area contributed by atoms with Crippen LogP contribution in [-0.4, -0.2) is 96.7 Å². The molecule has 0 fully saturated rings. The largest absolute Gasteiger partial charge is 0.472 e. The van der Waals surface area contributed by atoms with Gasteiger partial charge in [-0.2, -0.15) is 0 Å². The van der Waals surface area contributed by atoms with Crippen molar-refractivity contribution in [3.8, 4) is 0 Å². The lowest BCUT2D eigenvalue weighted by atomic mass is 10.0. The zero-order valence-corrected chi connectivity index (χ0v) is 64.5. The first-order valence-electron chi connectivity index (χ1n) is 40.0. The SMILES string of the molecule is CCCCCCCCCCCCCCCCCCCCCCC(=O)O[C@H](COC(=O)CCCCCCCCCCCCCCCC(C)C)COP(=O)(O)OC[C@@H](O)COP(=O)(O)OC[C@@H](COC(=O)CCCCCCCCCCCC)OC(=O)CCCCCCCCCC(C)C. The van der Waals surface area contributed by atoms with E-state index in [9.17, 15) is 43.2 Å². The number of unbranched alkanes of at least 4 members (excludes halogenated alkanes) is 46. The Labute approximate surface area is 588 Å². The molecule has 0 aliphatic heterocycles. The quantitative estimate of drug-likeness (QED) is 0.0222. The number of esters is 4. The van der Waals surface area contributed by atoms with Crippen molar-refractivity contribution in [2.45, 2.75) is 419 Å². The van der Waals surface area contributed by atoms with Gasteiger partial charge in [0, 0.05) is 25.7 Å². The fourth-order valence-electron chi connectivity index (χ4n) is 11.8. The third kappa shape index (κ3) is 70.5. The van der Waals surface area contributed by atoms with Crippen LogP contribution in [0.5, 0.6) is 0 Å². The molecule has 0 saturated heterocycles. The lowest BCUT2D eigenvalue weighted by Crippen LogP contribution is -2.30. The van der Waals surface area contributed by atoms with Crippen molar-refractivity contribution in [3.63, 3.8) is 0 Å². The third-order valence-corrected chi connectivity index (χ3v) is 19.9. The lowest BCUT2D eigenvalue weighted by molar-refractivity contribution is -0.161. The van der Waals surface area contributed by atoms with Gasteiger partial charge in [-0.1, -0.05) is 350 Å². The second-order valence-electron chi connectivity index (χ2n) is 28.7. The summed E-state index contributed by atoms with van der Waals surface area (Å²) < 4.78 is 68.5. The first-order valence-corrected chi connectivity index (χ1v) is 43.0. The van der Waals surface area contributed by atoms with Crippen LogP contribution in [0, 0.1) is 11.8 Å². The molecule has 2 unspecified atom stereocenters. The Morgan fingerprint density at radius 1 is 0.281 bits per heavy atom. The van der Waals surface area contributed by atoms with Gasteiger partial charge in [-0.05, 0) is 37.5 Å². The summed E-state index contributed by atoms with van der Waals surface area (Å²) in [5.41, 5.74) is 0. The average molecular weight is 1410 g/mol. The maximum atomic E-state index is 13.1. The molecule has 0 aromatic carbocycles. The van der Waals surface area contributed by atoms with Crippen LogP contribution in [-0.2, 0) is 65.4 Å². The molecule has 0 saturated carbocycles. The Morgan fingerprint density at radius 3 is 0.708 bits per heavy atom. The maximum absolute atomic E-state index is 13.1. The van der Waals surface area contributed by atoms with E-state index >= 15 is 0 Å². The zero-order valence-electron chi connectivity index (χ0n) is 62.7. The first kappa shape index (κ1) is 94.1. The molecular weight excluding hydrogens is 1260 g/mol. The lowest BCUT2D eigenvalue weighted by Gasteiger charge is -2.21. The van der Waals surface area contributed by atoms with Crippen LogP contribution in [0.1, 0.15) is 401 Å². The predicted octanol–water partition coefficient (Wildman–Crippen LogP) is 22.7. The minimum absolute atomic E-state index is 0.104. The van der Waals surface area contributed by atoms with Gasteiger partial charge in [-0.15, -0.1) is 0 Å². The van der Waals surface area contributed by atoms with E-state index in [1.54, 1.807) is 0 Å². The summed E-state index contributed by atoms with van der Waals surface area (Å²) in [6, 6.07) is 0. The number of aliphatic hydroxyl groups is 1. The molecule has 5 atom stereocenters. The van der Waals surface area contributed by atoms with Crippen LogP contribution in [0.25, 0.3) is 0 Å². The minimum Gasteiger partial charge on any atom is -0.462 e. The molecule has 0 radical (unpaired) electrons. The van der Waals surface area contributed by atoms with Crippen molar-refractivity contribution >= 4 is 39.5 Å². The maximum Gasteiger partial charge on any atom is 0.472 e. The fourth-order valence-corrected chi connectivity index (χ4v) is 13.4. The Bertz CT molecular complexity index is 1860. The molecule has 0 rings (SSSR count). The molecule has 570 valence electrons. The number of aliphatic hydroxyl groups excluding tert-OH is 1. The molecule has 0 aliphatic carbocycles. The minimum atomic E-state index is -4.96. The van der Waals surface area contributed by atoms with Crippen LogP contribution in [0.3, 0.4) is 0 Å². The Kier molecular flexibility index (Phi) is 67.4. The van der Waals surface area contributed by atoms with Crippen molar-refractivity contribution in [1.82, 2.24) is 0 Å². The first-order chi connectivity index (χ1) is 46.4. The van der Waals surface area contributed by atoms with Gasteiger partial charge in [0.15, 0.2) is 12.2 Å². The standard InChI is InChI=1S/C77H150O17P2/c1-7-9-11-13-15-17-19-20-21-22-23-24-25-26-29-33-37-43-49-55-61-76(81)93-72(65-88-75(80)60-54-48-42-36-32-30-27-28-31-34-39-45-51-57-69(3)4)67-91-95(83,84)89-63-71(78)64-90-96(85,86)92-68-73(94-77(82)62-56-50-44-38-40-46-52-58-70(5)6)66-87-74(79)59-53-47-41-35-18-16-14-12-10-8-2/h69-73,78H,7-68H2,1-6H3,(H,83,84)(H,85,86)/t71-,72-,73-/m1/s1. The average Bonchev–Trinajstić information content (AvgIpc) is 1.45. The summed E-state index contributed by atoms with van der Waals surface area (Å²) in [4.78, 5) is 72.8. The number of hydrogen-bond donors (Lipinski definition) is 3. The Balaban J connectivity index is 5.20. The van der Waals surface area contributed by atoms with Crippen LogP contribution < -0.4 is 0 Å². The van der Waals surface area contributed by atoms with E-state index in [1.807, 2.05) is 0 Å². The molecule has 0 amide bonds. The summed E-state index contributed by atoms with van der Waals surface area (Å²) in [7, 11) is -9.91. The smallest absolute Gasteiger partial charge is 0.462 e. The monoisotopic (exact) mass is 1410 g/mol. The molecule has 0 spiro atoms.